The molecule has 3 aromatic carbocycles. The summed E-state index contributed by atoms with van der Waals surface area (Å²) >= 11 is 0. The molecule has 3 aromatic rings. The van der Waals surface area contributed by atoms with E-state index in [2.05, 4.69) is 130 Å². The van der Waals surface area contributed by atoms with Crippen LogP contribution in [0.3, 0.4) is 0 Å². The maximum atomic E-state index is 12.2. The van der Waals surface area contributed by atoms with Crippen molar-refractivity contribution in [1.82, 2.24) is 0 Å². The van der Waals surface area contributed by atoms with E-state index >= 15 is 0 Å². The molecule has 71 heavy (non-hydrogen) atoms. The van der Waals surface area contributed by atoms with Crippen molar-refractivity contribution in [2.45, 2.75) is 150 Å². The number of hydrogen-bond donors (Lipinski definition) is 0. The fourth-order valence-electron chi connectivity index (χ4n) is 8.23. The molecule has 0 aromatic heterocycles. The third kappa shape index (κ3) is 21.5. The molecular formula is C61H90O9Si. The molecule has 0 amide bonds. The summed E-state index contributed by atoms with van der Waals surface area (Å²) < 4.78 is 48.9. The van der Waals surface area contributed by atoms with Gasteiger partial charge in [0.1, 0.15) is 17.2 Å². The lowest BCUT2D eigenvalue weighted by Gasteiger charge is -2.44. The summed E-state index contributed by atoms with van der Waals surface area (Å²) in [6.45, 7) is 30.2. The SMILES string of the molecule is C=CC=CC(C)C(O[Si](C)(C)C(C)(C)C)C(C)C(CCC=CC(C)C(OCc1ccc(OC)cc1)C(C)C=CCCC(OCc1ccc(OC)cc1)C(C)C=CC(=O)OCC)OCc1ccc(OC)cc1. The molecule has 10 heteroatoms. The number of allylic oxidation sites excluding steroid dienone is 4. The Bertz CT molecular complexity index is 2070. The van der Waals surface area contributed by atoms with Crippen molar-refractivity contribution in [2.24, 2.45) is 29.6 Å². The molecule has 3 rings (SSSR count). The molecule has 0 saturated heterocycles. The van der Waals surface area contributed by atoms with Crippen LogP contribution in [0.25, 0.3) is 0 Å². The van der Waals surface area contributed by atoms with Gasteiger partial charge < -0.3 is 37.6 Å². The first-order chi connectivity index (χ1) is 33.9. The second-order valence-corrected chi connectivity index (χ2v) is 25.2. The van der Waals surface area contributed by atoms with Crippen LogP contribution in [0.1, 0.15) is 105 Å². The zero-order valence-corrected chi connectivity index (χ0v) is 46.9. The molecule has 9 atom stereocenters. The molecule has 9 unspecified atom stereocenters. The van der Waals surface area contributed by atoms with E-state index in [9.17, 15) is 4.79 Å². The van der Waals surface area contributed by atoms with Crippen molar-refractivity contribution >= 4 is 14.3 Å². The maximum Gasteiger partial charge on any atom is 0.330 e. The minimum atomic E-state index is -2.14. The number of ether oxygens (including phenoxy) is 7. The largest absolute Gasteiger partial charge is 0.497 e. The van der Waals surface area contributed by atoms with Crippen LogP contribution >= 0.6 is 0 Å². The number of carbonyl (C=O) groups is 1. The topological polar surface area (TPSA) is 90.9 Å². The molecule has 0 saturated carbocycles. The fourth-order valence-corrected chi connectivity index (χ4v) is 9.70. The van der Waals surface area contributed by atoms with Gasteiger partial charge in [0.15, 0.2) is 8.32 Å². The smallest absolute Gasteiger partial charge is 0.330 e. The highest BCUT2D eigenvalue weighted by atomic mass is 28.4. The van der Waals surface area contributed by atoms with Crippen LogP contribution in [0.15, 0.2) is 134 Å². The highest BCUT2D eigenvalue weighted by Gasteiger charge is 2.42. The Morgan fingerprint density at radius 2 is 1.01 bits per heavy atom. The minimum absolute atomic E-state index is 0.0160. The Hall–Kier alpha value is -4.71. The van der Waals surface area contributed by atoms with E-state index in [-0.39, 0.29) is 65.0 Å². The lowest BCUT2D eigenvalue weighted by molar-refractivity contribution is -0.137. The molecule has 0 spiro atoms. The van der Waals surface area contributed by atoms with Crippen LogP contribution < -0.4 is 14.2 Å². The van der Waals surface area contributed by atoms with Crippen molar-refractivity contribution in [1.29, 1.82) is 0 Å². The van der Waals surface area contributed by atoms with Gasteiger partial charge in [0.2, 0.25) is 0 Å². The van der Waals surface area contributed by atoms with E-state index < -0.39 is 8.32 Å². The van der Waals surface area contributed by atoms with E-state index in [4.69, 9.17) is 37.6 Å². The second-order valence-electron chi connectivity index (χ2n) is 20.4. The van der Waals surface area contributed by atoms with E-state index in [1.807, 2.05) is 73.7 Å². The molecule has 9 nitrogen and oxygen atoms in total. The predicted octanol–water partition coefficient (Wildman–Crippen LogP) is 14.9. The molecule has 0 aliphatic rings. The maximum absolute atomic E-state index is 12.2. The molecule has 0 bridgehead atoms. The van der Waals surface area contributed by atoms with E-state index in [0.29, 0.717) is 26.4 Å². The van der Waals surface area contributed by atoms with Gasteiger partial charge in [-0.2, -0.15) is 0 Å². The summed E-state index contributed by atoms with van der Waals surface area (Å²) in [7, 11) is 2.89. The lowest BCUT2D eigenvalue weighted by Crippen LogP contribution is -2.49. The van der Waals surface area contributed by atoms with Gasteiger partial charge in [0, 0.05) is 29.7 Å². The number of benzene rings is 3. The number of hydrogen-bond acceptors (Lipinski definition) is 9. The molecule has 0 aliphatic heterocycles. The summed E-state index contributed by atoms with van der Waals surface area (Å²) in [5.41, 5.74) is 3.24. The van der Waals surface area contributed by atoms with Gasteiger partial charge in [-0.1, -0.05) is 147 Å². The van der Waals surface area contributed by atoms with Gasteiger partial charge in [0.25, 0.3) is 0 Å². The minimum Gasteiger partial charge on any atom is -0.497 e. The standard InChI is InChI=1S/C61H90O9Si/c1-16-18-23-48(6)60(70-71(14,15)61(8,9)10)49(7)57(68-43-51-31-37-54(64-12)38-32-51)27-22-20-25-47(5)59(69-44-52-33-39-55(65-13)40-34-52)46(4)24-19-21-26-56(45(3)28-41-58(62)66-17-2)67-42-50-29-35-53(63-11)36-30-50/h16,18-20,23-25,28-41,45-49,56-57,59-60H,1,17,21-22,26-27,42-44H2,2-15H3. The Balaban J connectivity index is 1.85. The van der Waals surface area contributed by atoms with Gasteiger partial charge in [-0.05, 0) is 110 Å². The van der Waals surface area contributed by atoms with E-state index in [0.717, 1.165) is 59.6 Å². The van der Waals surface area contributed by atoms with Crippen molar-refractivity contribution in [2.75, 3.05) is 27.9 Å². The third-order valence-electron chi connectivity index (χ3n) is 13.8. The van der Waals surface area contributed by atoms with Gasteiger partial charge in [0.05, 0.1) is 72.2 Å². The van der Waals surface area contributed by atoms with Crippen LogP contribution in [0.2, 0.25) is 18.1 Å². The number of esters is 1. The van der Waals surface area contributed by atoms with Gasteiger partial charge >= 0.3 is 5.97 Å². The Morgan fingerprint density at radius 3 is 1.44 bits per heavy atom. The molecule has 392 valence electrons. The van der Waals surface area contributed by atoms with E-state index in [1.54, 1.807) is 21.3 Å². The molecule has 0 N–H and O–H groups in total. The van der Waals surface area contributed by atoms with Crippen LogP contribution in [0, 0.1) is 29.6 Å². The first kappa shape index (κ1) is 60.6. The monoisotopic (exact) mass is 995 g/mol. The van der Waals surface area contributed by atoms with Crippen LogP contribution in [0.4, 0.5) is 0 Å². The first-order valence-electron chi connectivity index (χ1n) is 25.7. The zero-order chi connectivity index (χ0) is 52.4. The third-order valence-corrected chi connectivity index (χ3v) is 18.3. The number of rotatable bonds is 33. The Kier molecular flexibility index (Phi) is 27.0. The quantitative estimate of drug-likeness (QED) is 0.0194. The highest BCUT2D eigenvalue weighted by molar-refractivity contribution is 6.74. The lowest BCUT2D eigenvalue weighted by atomic mass is 9.86. The summed E-state index contributed by atoms with van der Waals surface area (Å²) in [4.78, 5) is 12.2. The average molecular weight is 995 g/mol. The summed E-state index contributed by atoms with van der Waals surface area (Å²) in [6.07, 6.45) is 21.5. The van der Waals surface area contributed by atoms with Crippen LogP contribution in [0.5, 0.6) is 17.2 Å². The molecule has 0 aliphatic carbocycles. The summed E-state index contributed by atoms with van der Waals surface area (Å²) in [5, 5.41) is 0.0568. The Labute approximate surface area is 430 Å². The van der Waals surface area contributed by atoms with Gasteiger partial charge in [-0.3, -0.25) is 0 Å². The summed E-state index contributed by atoms with van der Waals surface area (Å²) in [5.74, 6) is 2.55. The number of carbonyl (C=O) groups excluding carboxylic acids is 1. The molecule has 0 fully saturated rings. The van der Waals surface area contributed by atoms with Crippen molar-refractivity contribution in [3.8, 4) is 17.2 Å². The summed E-state index contributed by atoms with van der Waals surface area (Å²) in [6, 6.07) is 24.1. The molecule has 0 radical (unpaired) electrons. The molecular weight excluding hydrogens is 905 g/mol. The normalized spacial score (nSPS) is 16.4. The zero-order valence-electron chi connectivity index (χ0n) is 45.9. The average Bonchev–Trinajstić information content (AvgIpc) is 3.36. The molecule has 0 heterocycles. The van der Waals surface area contributed by atoms with E-state index in [1.165, 1.54) is 6.08 Å². The van der Waals surface area contributed by atoms with Crippen LogP contribution in [-0.2, 0) is 48.0 Å². The fraction of sp³-hybridized carbons (Fsp3) is 0.525. The highest BCUT2D eigenvalue weighted by Crippen LogP contribution is 2.40. The first-order valence-corrected chi connectivity index (χ1v) is 28.7. The van der Waals surface area contributed by atoms with Crippen molar-refractivity contribution < 1.29 is 42.4 Å². The number of methoxy groups -OCH3 is 3. The van der Waals surface area contributed by atoms with Crippen molar-refractivity contribution in [3.05, 3.63) is 151 Å². The van der Waals surface area contributed by atoms with Crippen molar-refractivity contribution in [3.63, 3.8) is 0 Å². The second kappa shape index (κ2) is 31.7. The predicted molar refractivity (Wildman–Crippen MR) is 294 cm³/mol. The van der Waals surface area contributed by atoms with Crippen LogP contribution in [-0.4, -0.2) is 66.6 Å². The Morgan fingerprint density at radius 1 is 0.592 bits per heavy atom. The van der Waals surface area contributed by atoms with Gasteiger partial charge in [-0.15, -0.1) is 0 Å². The van der Waals surface area contributed by atoms with Gasteiger partial charge in [-0.25, -0.2) is 4.79 Å².